The van der Waals surface area contributed by atoms with Crippen LogP contribution >= 0.6 is 0 Å². The van der Waals surface area contributed by atoms with Crippen molar-refractivity contribution in [1.29, 1.82) is 0 Å². The number of methoxy groups -OCH3 is 1. The second kappa shape index (κ2) is 9.24. The van der Waals surface area contributed by atoms with Crippen molar-refractivity contribution in [3.63, 3.8) is 0 Å². The van der Waals surface area contributed by atoms with E-state index in [4.69, 9.17) is 9.15 Å². The first-order valence-corrected chi connectivity index (χ1v) is 8.58. The largest absolute Gasteiger partial charge is 0.497 e. The number of hydrogen-bond acceptors (Lipinski definition) is 5. The van der Waals surface area contributed by atoms with Crippen molar-refractivity contribution in [1.82, 2.24) is 4.98 Å². The molecule has 0 radical (unpaired) electrons. The highest BCUT2D eigenvalue weighted by Gasteiger charge is 2.01. The predicted octanol–water partition coefficient (Wildman–Crippen LogP) is 3.99. The summed E-state index contributed by atoms with van der Waals surface area (Å²) in [6.45, 7) is 0.761. The van der Waals surface area contributed by atoms with E-state index in [0.29, 0.717) is 11.4 Å². The Morgan fingerprint density at radius 1 is 1.19 bits per heavy atom. The second-order valence-electron chi connectivity index (χ2n) is 5.79. The quantitative estimate of drug-likeness (QED) is 0.592. The first-order chi connectivity index (χ1) is 13.2. The molecule has 2 aromatic heterocycles. The monoisotopic (exact) mass is 363 g/mol. The smallest absolute Gasteiger partial charge is 0.248 e. The molecule has 2 N–H and O–H groups in total. The van der Waals surface area contributed by atoms with Crippen molar-refractivity contribution < 1.29 is 13.9 Å². The maximum atomic E-state index is 11.9. The number of anilines is 2. The molecule has 0 unspecified atom stereocenters. The molecule has 0 spiro atoms. The minimum Gasteiger partial charge on any atom is -0.497 e. The van der Waals surface area contributed by atoms with Crippen LogP contribution in [0.4, 0.5) is 11.5 Å². The molecular weight excluding hydrogens is 342 g/mol. The summed E-state index contributed by atoms with van der Waals surface area (Å²) >= 11 is 0. The van der Waals surface area contributed by atoms with Gasteiger partial charge < -0.3 is 19.8 Å². The van der Waals surface area contributed by atoms with E-state index in [1.54, 1.807) is 43.8 Å². The Bertz CT molecular complexity index is 870. The summed E-state index contributed by atoms with van der Waals surface area (Å²) in [4.78, 5) is 16.2. The Morgan fingerprint density at radius 3 is 2.70 bits per heavy atom. The third kappa shape index (κ3) is 5.74. The fourth-order valence-electron chi connectivity index (χ4n) is 2.43. The Hall–Kier alpha value is -3.54. The van der Waals surface area contributed by atoms with E-state index in [1.807, 2.05) is 30.3 Å². The van der Waals surface area contributed by atoms with Crippen molar-refractivity contribution in [2.24, 2.45) is 0 Å². The number of ether oxygens (including phenoxy) is 1. The summed E-state index contributed by atoms with van der Waals surface area (Å²) in [6, 6.07) is 15.2. The number of carbonyl (C=O) groups is 1. The molecule has 1 aromatic carbocycles. The van der Waals surface area contributed by atoms with Crippen molar-refractivity contribution in [2.45, 2.75) is 6.42 Å². The Balaban J connectivity index is 1.44. The van der Waals surface area contributed by atoms with Crippen LogP contribution in [0.1, 0.15) is 11.3 Å². The van der Waals surface area contributed by atoms with Gasteiger partial charge in [0.15, 0.2) is 0 Å². The Labute approximate surface area is 157 Å². The minimum absolute atomic E-state index is 0.242. The number of rotatable bonds is 8. The molecule has 0 fully saturated rings. The van der Waals surface area contributed by atoms with E-state index in [1.165, 1.54) is 11.6 Å². The van der Waals surface area contributed by atoms with Crippen LogP contribution in [0.2, 0.25) is 0 Å². The maximum absolute atomic E-state index is 11.9. The van der Waals surface area contributed by atoms with E-state index in [0.717, 1.165) is 24.5 Å². The van der Waals surface area contributed by atoms with Gasteiger partial charge in [-0.25, -0.2) is 4.98 Å². The van der Waals surface area contributed by atoms with Crippen molar-refractivity contribution >= 4 is 23.5 Å². The lowest BCUT2D eigenvalue weighted by Crippen LogP contribution is -2.09. The zero-order valence-electron chi connectivity index (χ0n) is 15.0. The molecule has 0 saturated carbocycles. The van der Waals surface area contributed by atoms with Crippen LogP contribution in [0.3, 0.4) is 0 Å². The summed E-state index contributed by atoms with van der Waals surface area (Å²) in [5.41, 5.74) is 1.85. The molecule has 27 heavy (non-hydrogen) atoms. The summed E-state index contributed by atoms with van der Waals surface area (Å²) in [7, 11) is 1.66. The molecule has 0 bridgehead atoms. The first kappa shape index (κ1) is 18.3. The van der Waals surface area contributed by atoms with Gasteiger partial charge in [-0.1, -0.05) is 12.1 Å². The predicted molar refractivity (Wildman–Crippen MR) is 106 cm³/mol. The van der Waals surface area contributed by atoms with Gasteiger partial charge in [-0.2, -0.15) is 0 Å². The lowest BCUT2D eigenvalue weighted by Gasteiger charge is -2.07. The molecule has 138 valence electrons. The maximum Gasteiger partial charge on any atom is 0.248 e. The number of benzene rings is 1. The topological polar surface area (TPSA) is 76.4 Å². The van der Waals surface area contributed by atoms with Gasteiger partial charge in [-0.05, 0) is 54.5 Å². The van der Waals surface area contributed by atoms with Crippen LogP contribution in [0.5, 0.6) is 5.75 Å². The van der Waals surface area contributed by atoms with Gasteiger partial charge in [0.2, 0.25) is 5.91 Å². The molecule has 0 aliphatic heterocycles. The number of aromatic nitrogens is 1. The average molecular weight is 363 g/mol. The molecule has 1 amide bonds. The van der Waals surface area contributed by atoms with Crippen molar-refractivity contribution in [3.8, 4) is 5.75 Å². The first-order valence-electron chi connectivity index (χ1n) is 8.58. The Morgan fingerprint density at radius 2 is 2.04 bits per heavy atom. The number of nitrogens with zero attached hydrogens (tertiary/aromatic N) is 1. The highest BCUT2D eigenvalue weighted by Crippen LogP contribution is 2.13. The normalized spacial score (nSPS) is 10.7. The molecular formula is C21H21N3O3. The SMILES string of the molecule is COc1ccc(CCNc2ccc(NC(=O)/C=C/c3ccco3)cn2)cc1. The number of hydrogen-bond donors (Lipinski definition) is 2. The van der Waals surface area contributed by atoms with E-state index >= 15 is 0 Å². The standard InChI is InChI=1S/C21H21N3O3/c1-26-18-7-4-16(5-8-18)12-13-22-20-10-6-17(15-23-20)24-21(25)11-9-19-3-2-14-27-19/h2-11,14-15H,12-13H2,1H3,(H,22,23)(H,24,25)/b11-9+. The fraction of sp³-hybridized carbons (Fsp3) is 0.143. The summed E-state index contributed by atoms with van der Waals surface area (Å²) < 4.78 is 10.3. The van der Waals surface area contributed by atoms with Gasteiger partial charge in [0.25, 0.3) is 0 Å². The summed E-state index contributed by atoms with van der Waals surface area (Å²) in [6.07, 6.45) is 7.08. The van der Waals surface area contributed by atoms with Crippen molar-refractivity contribution in [2.75, 3.05) is 24.3 Å². The van der Waals surface area contributed by atoms with Crippen molar-refractivity contribution in [3.05, 3.63) is 78.4 Å². The van der Waals surface area contributed by atoms with E-state index < -0.39 is 0 Å². The van der Waals surface area contributed by atoms with E-state index in [9.17, 15) is 4.79 Å². The van der Waals surface area contributed by atoms with Gasteiger partial charge >= 0.3 is 0 Å². The van der Waals surface area contributed by atoms with Gasteiger partial charge in [-0.15, -0.1) is 0 Å². The third-order valence-corrected chi connectivity index (χ3v) is 3.85. The number of nitrogens with one attached hydrogen (secondary N) is 2. The summed E-state index contributed by atoms with van der Waals surface area (Å²) in [5.74, 6) is 1.99. The molecule has 0 saturated heterocycles. The molecule has 3 rings (SSSR count). The highest BCUT2D eigenvalue weighted by molar-refractivity contribution is 6.01. The lowest BCUT2D eigenvalue weighted by atomic mass is 10.1. The zero-order valence-corrected chi connectivity index (χ0v) is 15.0. The number of amides is 1. The van der Waals surface area contributed by atoms with E-state index in [2.05, 4.69) is 15.6 Å². The lowest BCUT2D eigenvalue weighted by molar-refractivity contribution is -0.111. The molecule has 6 heteroatoms. The van der Waals surface area contributed by atoms with Crippen LogP contribution < -0.4 is 15.4 Å². The number of furan rings is 1. The third-order valence-electron chi connectivity index (χ3n) is 3.85. The fourth-order valence-corrected chi connectivity index (χ4v) is 2.43. The number of carbonyl (C=O) groups excluding carboxylic acids is 1. The highest BCUT2D eigenvalue weighted by atomic mass is 16.5. The minimum atomic E-state index is -0.242. The van der Waals surface area contributed by atoms with Gasteiger partial charge in [0.05, 0.1) is 25.3 Å². The van der Waals surface area contributed by atoms with Gasteiger partial charge in [0.1, 0.15) is 17.3 Å². The number of pyridine rings is 1. The molecule has 0 aliphatic carbocycles. The van der Waals surface area contributed by atoms with E-state index in [-0.39, 0.29) is 5.91 Å². The van der Waals surface area contributed by atoms with Crippen LogP contribution in [0, 0.1) is 0 Å². The van der Waals surface area contributed by atoms with Gasteiger partial charge in [-0.3, -0.25) is 4.79 Å². The van der Waals surface area contributed by atoms with Crippen LogP contribution in [-0.4, -0.2) is 24.5 Å². The van der Waals surface area contributed by atoms with Gasteiger partial charge in [0, 0.05) is 12.6 Å². The molecule has 3 aromatic rings. The molecule has 6 nitrogen and oxygen atoms in total. The molecule has 0 aliphatic rings. The second-order valence-corrected chi connectivity index (χ2v) is 5.79. The van der Waals surface area contributed by atoms with Crippen LogP contribution in [0.15, 0.2) is 71.5 Å². The van der Waals surface area contributed by atoms with Crippen LogP contribution in [-0.2, 0) is 11.2 Å². The Kier molecular flexibility index (Phi) is 6.25. The molecule has 2 heterocycles. The van der Waals surface area contributed by atoms with Crippen LogP contribution in [0.25, 0.3) is 6.08 Å². The zero-order chi connectivity index (χ0) is 18.9. The summed E-state index contributed by atoms with van der Waals surface area (Å²) in [5, 5.41) is 6.02. The molecule has 0 atom stereocenters. The average Bonchev–Trinajstić information content (AvgIpc) is 3.22.